The second-order valence-electron chi connectivity index (χ2n) is 8.48. The maximum absolute atomic E-state index is 12.7. The predicted molar refractivity (Wildman–Crippen MR) is 96.0 cm³/mol. The highest BCUT2D eigenvalue weighted by Gasteiger charge is 2.54. The van der Waals surface area contributed by atoms with E-state index in [-0.39, 0.29) is 22.9 Å². The molecule has 0 spiro atoms. The third-order valence-electron chi connectivity index (χ3n) is 6.80. The molecule has 5 heteroatoms. The summed E-state index contributed by atoms with van der Waals surface area (Å²) < 4.78 is 6.08. The molecule has 0 aromatic rings. The fraction of sp³-hybridized carbons (Fsp3) is 0.950. The second-order valence-corrected chi connectivity index (χ2v) is 8.48. The predicted octanol–water partition coefficient (Wildman–Crippen LogP) is 4.55. The minimum atomic E-state index is -0.567. The van der Waals surface area contributed by atoms with Crippen molar-refractivity contribution in [1.82, 2.24) is 0 Å². The molecule has 0 aromatic carbocycles. The van der Waals surface area contributed by atoms with Crippen LogP contribution in [0.4, 0.5) is 0 Å². The number of nitrogens with zero attached hydrogens (tertiary/aromatic N) is 1. The minimum absolute atomic E-state index is 0.123. The number of ketones is 1. The summed E-state index contributed by atoms with van der Waals surface area (Å²) in [4.78, 5) is 23.8. The molecule has 4 bridgehead atoms. The molecular weight excluding hydrogens is 318 g/mol. The van der Waals surface area contributed by atoms with E-state index in [2.05, 4.69) is 6.92 Å². The highest BCUT2D eigenvalue weighted by Crippen LogP contribution is 2.53. The van der Waals surface area contributed by atoms with Gasteiger partial charge in [0, 0.05) is 24.2 Å². The zero-order chi connectivity index (χ0) is 17.8. The summed E-state index contributed by atoms with van der Waals surface area (Å²) in [5.41, 5.74) is 0. The summed E-state index contributed by atoms with van der Waals surface area (Å²) in [5, 5.41) is 11.3. The minimum Gasteiger partial charge on any atom is -0.367 e. The lowest BCUT2D eigenvalue weighted by atomic mass is 9.63. The van der Waals surface area contributed by atoms with E-state index in [0.717, 1.165) is 38.0 Å². The average Bonchev–Trinajstić information content (AvgIpc) is 2.88. The summed E-state index contributed by atoms with van der Waals surface area (Å²) in [5.74, 6) is 1.84. The summed E-state index contributed by atoms with van der Waals surface area (Å²) >= 11 is 0. The molecule has 3 saturated carbocycles. The van der Waals surface area contributed by atoms with Gasteiger partial charge in [-0.3, -0.25) is 14.9 Å². The van der Waals surface area contributed by atoms with Gasteiger partial charge in [-0.1, -0.05) is 32.6 Å². The second kappa shape index (κ2) is 8.61. The van der Waals surface area contributed by atoms with Crippen molar-refractivity contribution in [3.8, 4) is 0 Å². The lowest BCUT2D eigenvalue weighted by molar-refractivity contribution is -0.524. The number of hydrogen-bond donors (Lipinski definition) is 0. The smallest absolute Gasteiger partial charge is 0.213 e. The molecule has 3 aliphatic carbocycles. The third kappa shape index (κ3) is 4.42. The Bertz CT molecular complexity index is 480. The van der Waals surface area contributed by atoms with Crippen LogP contribution in [0.25, 0.3) is 0 Å². The van der Waals surface area contributed by atoms with E-state index >= 15 is 0 Å². The molecule has 25 heavy (non-hydrogen) atoms. The Labute approximate surface area is 151 Å². The van der Waals surface area contributed by atoms with Crippen molar-refractivity contribution in [3.05, 3.63) is 10.1 Å². The molecule has 0 N–H and O–H groups in total. The highest BCUT2D eigenvalue weighted by molar-refractivity contribution is 5.83. The van der Waals surface area contributed by atoms with Crippen molar-refractivity contribution >= 4 is 5.78 Å². The van der Waals surface area contributed by atoms with E-state index < -0.39 is 6.04 Å². The number of hydrogen-bond acceptors (Lipinski definition) is 4. The Kier molecular flexibility index (Phi) is 6.48. The van der Waals surface area contributed by atoms with Crippen LogP contribution in [-0.2, 0) is 9.53 Å². The number of ether oxygens (including phenoxy) is 1. The number of carbonyl (C=O) groups excluding carboxylic acids is 1. The van der Waals surface area contributed by atoms with Gasteiger partial charge in [0.25, 0.3) is 0 Å². The van der Waals surface area contributed by atoms with Gasteiger partial charge in [-0.05, 0) is 49.9 Å². The Balaban J connectivity index is 1.43. The number of carbonyl (C=O) groups is 1. The van der Waals surface area contributed by atoms with E-state index in [9.17, 15) is 14.9 Å². The van der Waals surface area contributed by atoms with Crippen LogP contribution in [0.5, 0.6) is 0 Å². The van der Waals surface area contributed by atoms with Crippen LogP contribution in [0.15, 0.2) is 0 Å². The molecule has 1 aliphatic heterocycles. The average molecular weight is 351 g/mol. The van der Waals surface area contributed by atoms with Gasteiger partial charge in [0.2, 0.25) is 6.04 Å². The van der Waals surface area contributed by atoms with Crippen LogP contribution in [-0.4, -0.2) is 29.0 Å². The molecule has 5 nitrogen and oxygen atoms in total. The number of nitro groups is 1. The van der Waals surface area contributed by atoms with Crippen LogP contribution in [0, 0.1) is 27.9 Å². The van der Waals surface area contributed by atoms with Gasteiger partial charge in [-0.2, -0.15) is 0 Å². The standard InChI is InChI=1S/C20H33NO4/c1-2-3-4-5-6-7-15(21(23)24)9-11-18(22)20-17-12-14-8-10-16(17)19(13-14)25-20/h14-17,19-20H,2-13H2,1H3. The topological polar surface area (TPSA) is 69.4 Å². The van der Waals surface area contributed by atoms with Gasteiger partial charge in [0.15, 0.2) is 5.78 Å². The van der Waals surface area contributed by atoms with Crippen molar-refractivity contribution in [2.75, 3.05) is 0 Å². The van der Waals surface area contributed by atoms with Gasteiger partial charge in [0.1, 0.15) is 6.10 Å². The first-order chi connectivity index (χ1) is 12.1. The summed E-state index contributed by atoms with van der Waals surface area (Å²) in [6, 6.07) is -0.567. The molecule has 142 valence electrons. The Morgan fingerprint density at radius 3 is 2.60 bits per heavy atom. The molecule has 0 aromatic heterocycles. The molecule has 1 heterocycles. The van der Waals surface area contributed by atoms with E-state index in [1.54, 1.807) is 0 Å². The Morgan fingerprint density at radius 1 is 1.12 bits per heavy atom. The first-order valence-electron chi connectivity index (χ1n) is 10.4. The van der Waals surface area contributed by atoms with Crippen molar-refractivity contribution in [2.24, 2.45) is 17.8 Å². The first kappa shape index (κ1) is 18.8. The van der Waals surface area contributed by atoms with Gasteiger partial charge < -0.3 is 4.74 Å². The monoisotopic (exact) mass is 351 g/mol. The van der Waals surface area contributed by atoms with E-state index in [0.29, 0.717) is 31.1 Å². The first-order valence-corrected chi connectivity index (χ1v) is 10.4. The summed E-state index contributed by atoms with van der Waals surface area (Å²) in [6.45, 7) is 2.16. The normalized spacial score (nSPS) is 34.2. The summed E-state index contributed by atoms with van der Waals surface area (Å²) in [7, 11) is 0. The van der Waals surface area contributed by atoms with Gasteiger partial charge in [-0.15, -0.1) is 0 Å². The van der Waals surface area contributed by atoms with Crippen LogP contribution in [0.3, 0.4) is 0 Å². The number of rotatable bonds is 11. The lowest BCUT2D eigenvalue weighted by Gasteiger charge is -2.40. The zero-order valence-electron chi connectivity index (χ0n) is 15.5. The van der Waals surface area contributed by atoms with Crippen LogP contribution in [0.2, 0.25) is 0 Å². The molecule has 4 fully saturated rings. The Morgan fingerprint density at radius 2 is 1.92 bits per heavy atom. The molecular formula is C20H33NO4. The van der Waals surface area contributed by atoms with E-state index in [4.69, 9.17) is 4.74 Å². The van der Waals surface area contributed by atoms with Gasteiger partial charge >= 0.3 is 0 Å². The van der Waals surface area contributed by atoms with Crippen molar-refractivity contribution in [3.63, 3.8) is 0 Å². The van der Waals surface area contributed by atoms with E-state index in [1.165, 1.54) is 25.7 Å². The van der Waals surface area contributed by atoms with Gasteiger partial charge in [-0.25, -0.2) is 0 Å². The number of fused-ring (bicyclic) bond motifs is 1. The number of unbranched alkanes of at least 4 members (excludes halogenated alkanes) is 4. The van der Waals surface area contributed by atoms with Crippen molar-refractivity contribution in [2.45, 2.75) is 102 Å². The fourth-order valence-corrected chi connectivity index (χ4v) is 5.40. The van der Waals surface area contributed by atoms with E-state index in [1.807, 2.05) is 0 Å². The zero-order valence-corrected chi connectivity index (χ0v) is 15.5. The molecule has 6 unspecified atom stereocenters. The quantitative estimate of drug-likeness (QED) is 0.311. The van der Waals surface area contributed by atoms with Crippen LogP contribution >= 0.6 is 0 Å². The SMILES string of the molecule is CCCCCCCC(CCC(=O)C1OC2CC3CCC2C1C3)[N+](=O)[O-]. The number of Topliss-reactive ketones (excluding diaryl/α,β-unsaturated/α-hetero) is 1. The molecule has 1 saturated heterocycles. The van der Waals surface area contributed by atoms with Crippen LogP contribution in [0.1, 0.15) is 84.0 Å². The largest absolute Gasteiger partial charge is 0.367 e. The maximum Gasteiger partial charge on any atom is 0.213 e. The highest BCUT2D eigenvalue weighted by atomic mass is 16.6. The van der Waals surface area contributed by atoms with Gasteiger partial charge in [0.05, 0.1) is 6.10 Å². The van der Waals surface area contributed by atoms with Crippen LogP contribution < -0.4 is 0 Å². The Hall–Kier alpha value is -0.970. The molecule has 6 atom stereocenters. The molecule has 0 amide bonds. The fourth-order valence-electron chi connectivity index (χ4n) is 5.40. The maximum atomic E-state index is 12.7. The van der Waals surface area contributed by atoms with Crippen molar-refractivity contribution < 1.29 is 14.5 Å². The molecule has 4 aliphatic rings. The molecule has 0 radical (unpaired) electrons. The summed E-state index contributed by atoms with van der Waals surface area (Å²) in [6.07, 6.45) is 11.6. The molecule has 4 rings (SSSR count). The lowest BCUT2D eigenvalue weighted by Crippen LogP contribution is -2.38. The third-order valence-corrected chi connectivity index (χ3v) is 6.80. The van der Waals surface area contributed by atoms with Crippen molar-refractivity contribution in [1.29, 1.82) is 0 Å².